The average molecular weight is 284 g/mol. The second-order valence-corrected chi connectivity index (χ2v) is 4.80. The summed E-state index contributed by atoms with van der Waals surface area (Å²) in [7, 11) is 0. The Labute approximate surface area is 117 Å². The van der Waals surface area contributed by atoms with E-state index in [1.54, 1.807) is 18.2 Å². The van der Waals surface area contributed by atoms with Crippen LogP contribution in [0.15, 0.2) is 24.3 Å². The number of thiocarbonyl (C=S) groups is 1. The van der Waals surface area contributed by atoms with Gasteiger partial charge in [-0.2, -0.15) is 0 Å². The Kier molecular flexibility index (Phi) is 6.21. The highest BCUT2D eigenvalue weighted by molar-refractivity contribution is 7.80. The van der Waals surface area contributed by atoms with Gasteiger partial charge in [0.05, 0.1) is 6.61 Å². The molecular weight excluding hydrogens is 267 g/mol. The molecule has 4 nitrogen and oxygen atoms in total. The summed E-state index contributed by atoms with van der Waals surface area (Å²) in [5, 5.41) is 5.21. The summed E-state index contributed by atoms with van der Waals surface area (Å²) in [5.74, 6) is -0.0640. The Morgan fingerprint density at radius 2 is 2.11 bits per heavy atom. The summed E-state index contributed by atoms with van der Waals surface area (Å²) >= 11 is 4.91. The third-order valence-corrected chi connectivity index (χ3v) is 2.41. The summed E-state index contributed by atoms with van der Waals surface area (Å²) in [6.07, 6.45) is -0.611. The Morgan fingerprint density at radius 1 is 1.42 bits per heavy atom. The van der Waals surface area contributed by atoms with E-state index < -0.39 is 6.09 Å². The maximum Gasteiger partial charge on any atom is 0.413 e. The SMILES string of the molecule is CC(C)COC(=O)NC(=S)NCc1ccccc1F. The Hall–Kier alpha value is -1.69. The summed E-state index contributed by atoms with van der Waals surface area (Å²) < 4.78 is 18.2. The van der Waals surface area contributed by atoms with Crippen molar-refractivity contribution in [3.05, 3.63) is 35.6 Å². The lowest BCUT2D eigenvalue weighted by Crippen LogP contribution is -2.39. The number of rotatable bonds is 4. The van der Waals surface area contributed by atoms with Crippen molar-refractivity contribution in [1.29, 1.82) is 0 Å². The zero-order valence-electron chi connectivity index (χ0n) is 10.9. The highest BCUT2D eigenvalue weighted by Gasteiger charge is 2.07. The number of halogens is 1. The molecule has 0 bridgehead atoms. The number of hydrogen-bond donors (Lipinski definition) is 2. The van der Waals surface area contributed by atoms with Crippen molar-refractivity contribution >= 4 is 23.4 Å². The first kappa shape index (κ1) is 15.4. The number of amides is 1. The second kappa shape index (κ2) is 7.68. The van der Waals surface area contributed by atoms with Gasteiger partial charge in [-0.05, 0) is 24.2 Å². The Bertz CT molecular complexity index is 452. The van der Waals surface area contributed by atoms with Crippen molar-refractivity contribution in [2.45, 2.75) is 20.4 Å². The van der Waals surface area contributed by atoms with E-state index in [4.69, 9.17) is 17.0 Å². The molecule has 0 fully saturated rings. The average Bonchev–Trinajstić information content (AvgIpc) is 2.35. The predicted octanol–water partition coefficient (Wildman–Crippen LogP) is 2.58. The fraction of sp³-hybridized carbons (Fsp3) is 0.385. The van der Waals surface area contributed by atoms with Crippen LogP contribution >= 0.6 is 12.2 Å². The standard InChI is InChI=1S/C13H17FN2O2S/c1-9(2)8-18-13(17)16-12(19)15-7-10-5-3-4-6-11(10)14/h3-6,9H,7-8H2,1-2H3,(H2,15,16,17,19). The maximum atomic E-state index is 13.3. The molecule has 2 N–H and O–H groups in total. The third-order valence-electron chi connectivity index (χ3n) is 2.16. The van der Waals surface area contributed by atoms with Crippen molar-refractivity contribution in [2.24, 2.45) is 5.92 Å². The molecule has 0 aromatic heterocycles. The zero-order valence-corrected chi connectivity index (χ0v) is 11.7. The molecule has 19 heavy (non-hydrogen) atoms. The van der Waals surface area contributed by atoms with Crippen LogP contribution in [0.1, 0.15) is 19.4 Å². The van der Waals surface area contributed by atoms with Crippen molar-refractivity contribution in [1.82, 2.24) is 10.6 Å². The van der Waals surface area contributed by atoms with E-state index in [-0.39, 0.29) is 23.4 Å². The number of ether oxygens (including phenoxy) is 1. The van der Waals surface area contributed by atoms with Gasteiger partial charge in [0.15, 0.2) is 5.11 Å². The molecule has 0 heterocycles. The highest BCUT2D eigenvalue weighted by atomic mass is 32.1. The fourth-order valence-corrected chi connectivity index (χ4v) is 1.39. The molecule has 6 heteroatoms. The van der Waals surface area contributed by atoms with Gasteiger partial charge in [0.2, 0.25) is 0 Å². The third kappa shape index (κ3) is 6.15. The molecule has 0 spiro atoms. The normalized spacial score (nSPS) is 10.1. The lowest BCUT2D eigenvalue weighted by molar-refractivity contribution is 0.138. The summed E-state index contributed by atoms with van der Waals surface area (Å²) in [6, 6.07) is 6.35. The molecule has 0 radical (unpaired) electrons. The fourth-order valence-electron chi connectivity index (χ4n) is 1.23. The van der Waals surface area contributed by atoms with Crippen LogP contribution in [0.2, 0.25) is 0 Å². The molecule has 0 aliphatic heterocycles. The number of nitrogens with one attached hydrogen (secondary N) is 2. The van der Waals surface area contributed by atoms with E-state index in [1.807, 2.05) is 13.8 Å². The van der Waals surface area contributed by atoms with E-state index >= 15 is 0 Å². The Morgan fingerprint density at radius 3 is 2.74 bits per heavy atom. The highest BCUT2D eigenvalue weighted by Crippen LogP contribution is 2.05. The summed E-state index contributed by atoms with van der Waals surface area (Å²) in [6.45, 7) is 4.39. The molecule has 1 aromatic rings. The van der Waals surface area contributed by atoms with Crippen LogP contribution in [-0.4, -0.2) is 17.8 Å². The van der Waals surface area contributed by atoms with Gasteiger partial charge in [0.1, 0.15) is 5.82 Å². The summed E-state index contributed by atoms with van der Waals surface area (Å²) in [4.78, 5) is 11.3. The number of carbonyl (C=O) groups is 1. The van der Waals surface area contributed by atoms with Crippen LogP contribution in [-0.2, 0) is 11.3 Å². The van der Waals surface area contributed by atoms with E-state index in [9.17, 15) is 9.18 Å². The summed E-state index contributed by atoms with van der Waals surface area (Å²) in [5.41, 5.74) is 0.474. The minimum atomic E-state index is -0.611. The smallest absolute Gasteiger partial charge is 0.413 e. The van der Waals surface area contributed by atoms with Crippen LogP contribution in [0.5, 0.6) is 0 Å². The molecule has 0 aliphatic rings. The number of carbonyl (C=O) groups excluding carboxylic acids is 1. The van der Waals surface area contributed by atoms with Gasteiger partial charge >= 0.3 is 6.09 Å². The molecule has 0 aliphatic carbocycles. The Balaban J connectivity index is 2.32. The van der Waals surface area contributed by atoms with Gasteiger partial charge in [-0.15, -0.1) is 0 Å². The van der Waals surface area contributed by atoms with Crippen LogP contribution in [0, 0.1) is 11.7 Å². The largest absolute Gasteiger partial charge is 0.449 e. The first-order valence-corrected chi connectivity index (χ1v) is 6.35. The van der Waals surface area contributed by atoms with Crippen LogP contribution in [0.25, 0.3) is 0 Å². The van der Waals surface area contributed by atoms with Crippen LogP contribution in [0.4, 0.5) is 9.18 Å². The molecule has 1 amide bonds. The molecule has 0 saturated heterocycles. The first-order chi connectivity index (χ1) is 8.99. The van der Waals surface area contributed by atoms with E-state index in [2.05, 4.69) is 10.6 Å². The minimum absolute atomic E-state index is 0.108. The number of alkyl carbamates (subject to hydrolysis) is 1. The van der Waals surface area contributed by atoms with Gasteiger partial charge in [-0.1, -0.05) is 32.0 Å². The van der Waals surface area contributed by atoms with Gasteiger partial charge in [0.25, 0.3) is 0 Å². The lowest BCUT2D eigenvalue weighted by atomic mass is 10.2. The monoisotopic (exact) mass is 284 g/mol. The minimum Gasteiger partial charge on any atom is -0.449 e. The number of benzene rings is 1. The van der Waals surface area contributed by atoms with Gasteiger partial charge in [-0.3, -0.25) is 5.32 Å². The lowest BCUT2D eigenvalue weighted by Gasteiger charge is -2.11. The predicted molar refractivity (Wildman–Crippen MR) is 75.2 cm³/mol. The number of hydrogen-bond acceptors (Lipinski definition) is 3. The zero-order chi connectivity index (χ0) is 14.3. The van der Waals surface area contributed by atoms with Crippen molar-refractivity contribution in [3.8, 4) is 0 Å². The van der Waals surface area contributed by atoms with Gasteiger partial charge in [0, 0.05) is 12.1 Å². The molecular formula is C13H17FN2O2S. The van der Waals surface area contributed by atoms with E-state index in [0.717, 1.165) is 0 Å². The van der Waals surface area contributed by atoms with Crippen molar-refractivity contribution in [3.63, 3.8) is 0 Å². The van der Waals surface area contributed by atoms with Crippen molar-refractivity contribution in [2.75, 3.05) is 6.61 Å². The molecule has 0 unspecified atom stereocenters. The second-order valence-electron chi connectivity index (χ2n) is 4.39. The molecule has 0 saturated carbocycles. The topological polar surface area (TPSA) is 50.4 Å². The van der Waals surface area contributed by atoms with Gasteiger partial charge in [-0.25, -0.2) is 9.18 Å². The van der Waals surface area contributed by atoms with Crippen LogP contribution < -0.4 is 10.6 Å². The van der Waals surface area contributed by atoms with Crippen LogP contribution in [0.3, 0.4) is 0 Å². The van der Waals surface area contributed by atoms with E-state index in [0.29, 0.717) is 12.2 Å². The van der Waals surface area contributed by atoms with Crippen molar-refractivity contribution < 1.29 is 13.9 Å². The molecule has 1 rings (SSSR count). The first-order valence-electron chi connectivity index (χ1n) is 5.94. The molecule has 104 valence electrons. The van der Waals surface area contributed by atoms with E-state index in [1.165, 1.54) is 6.07 Å². The molecule has 1 aromatic carbocycles. The molecule has 0 atom stereocenters. The quantitative estimate of drug-likeness (QED) is 0.834. The van der Waals surface area contributed by atoms with Gasteiger partial charge < -0.3 is 10.1 Å². The maximum absolute atomic E-state index is 13.3.